The minimum absolute atomic E-state index is 0.385. The van der Waals surface area contributed by atoms with Crippen LogP contribution in [0.4, 0.5) is 16.2 Å². The number of hydrogen-bond acceptors (Lipinski definition) is 6. The van der Waals surface area contributed by atoms with Crippen LogP contribution in [0.1, 0.15) is 12.8 Å². The molecule has 1 aromatic heterocycles. The Kier molecular flexibility index (Phi) is 6.72. The highest BCUT2D eigenvalue weighted by Crippen LogP contribution is 2.33. The third-order valence-electron chi connectivity index (χ3n) is 5.11. The maximum Gasteiger partial charge on any atom is 0.225 e. The van der Waals surface area contributed by atoms with E-state index in [1.165, 1.54) is 0 Å². The Hall–Kier alpha value is -1.93. The molecule has 0 saturated carbocycles. The van der Waals surface area contributed by atoms with Crippen molar-refractivity contribution >= 4 is 38.6 Å². The van der Waals surface area contributed by atoms with E-state index < -0.39 is 5.41 Å². The molecule has 6 nitrogen and oxygen atoms in total. The van der Waals surface area contributed by atoms with Crippen molar-refractivity contribution in [2.45, 2.75) is 12.8 Å². The van der Waals surface area contributed by atoms with Crippen LogP contribution in [0.2, 0.25) is 0 Å². The monoisotopic (exact) mass is 452 g/mol. The fourth-order valence-electron chi connectivity index (χ4n) is 3.35. The molecule has 0 aliphatic carbocycles. The third kappa shape index (κ3) is 4.72. The quantitative estimate of drug-likeness (QED) is 0.648. The highest BCUT2D eigenvalue weighted by molar-refractivity contribution is 9.11. The van der Waals surface area contributed by atoms with E-state index in [0.29, 0.717) is 45.1 Å². The smallest absolute Gasteiger partial charge is 0.225 e. The van der Waals surface area contributed by atoms with Crippen molar-refractivity contribution in [2.24, 2.45) is 5.41 Å². The number of fused-ring (bicyclic) bond motifs is 1. The van der Waals surface area contributed by atoms with Gasteiger partial charge in [0.25, 0.3) is 0 Å². The summed E-state index contributed by atoms with van der Waals surface area (Å²) in [4.78, 5) is 11.3. The second-order valence-corrected chi connectivity index (χ2v) is 8.35. The number of nitrogens with one attached hydrogen (secondary N) is 1. The molecular weight excluding hydrogens is 427 g/mol. The second-order valence-electron chi connectivity index (χ2n) is 7.23. The standard InChI is InChI=1S/C20H26BrFN4O2/c1-14(21)11-26(2)18-16-10-15(27-3)4-5-17(16)24-19(25-18)23-13-20(12-22)6-8-28-9-7-20/h4-5,10H,1,6-9,11-13H2,2-3H3,(H,23,24,25). The topological polar surface area (TPSA) is 59.5 Å². The zero-order valence-electron chi connectivity index (χ0n) is 16.3. The predicted molar refractivity (Wildman–Crippen MR) is 114 cm³/mol. The highest BCUT2D eigenvalue weighted by Gasteiger charge is 2.33. The summed E-state index contributed by atoms with van der Waals surface area (Å²) in [5.74, 6) is 1.98. The van der Waals surface area contributed by atoms with Crippen LogP contribution in [-0.2, 0) is 4.74 Å². The van der Waals surface area contributed by atoms with Crippen molar-refractivity contribution in [2.75, 3.05) is 57.4 Å². The fraction of sp³-hybridized carbons (Fsp3) is 0.500. The molecule has 0 spiro atoms. The van der Waals surface area contributed by atoms with Gasteiger partial charge in [-0.25, -0.2) is 4.98 Å². The van der Waals surface area contributed by atoms with Crippen molar-refractivity contribution in [3.05, 3.63) is 29.3 Å². The number of alkyl halides is 1. The first-order chi connectivity index (χ1) is 13.5. The molecule has 0 atom stereocenters. The maximum absolute atomic E-state index is 13.8. The van der Waals surface area contributed by atoms with E-state index in [2.05, 4.69) is 32.8 Å². The minimum atomic E-state index is -0.424. The van der Waals surface area contributed by atoms with E-state index in [1.54, 1.807) is 7.11 Å². The molecular formula is C20H26BrFN4O2. The highest BCUT2D eigenvalue weighted by atomic mass is 79.9. The summed E-state index contributed by atoms with van der Waals surface area (Å²) in [5.41, 5.74) is 0.369. The molecule has 1 N–H and O–H groups in total. The van der Waals surface area contributed by atoms with Crippen LogP contribution in [-0.4, -0.2) is 57.1 Å². The van der Waals surface area contributed by atoms with E-state index in [-0.39, 0.29) is 6.67 Å². The average Bonchev–Trinajstić information content (AvgIpc) is 2.71. The Bertz CT molecular complexity index is 842. The van der Waals surface area contributed by atoms with Crippen LogP contribution < -0.4 is 15.0 Å². The van der Waals surface area contributed by atoms with Crippen molar-refractivity contribution < 1.29 is 13.9 Å². The summed E-state index contributed by atoms with van der Waals surface area (Å²) in [5, 5.41) is 4.15. The van der Waals surface area contributed by atoms with Crippen LogP contribution in [0, 0.1) is 5.41 Å². The largest absolute Gasteiger partial charge is 0.497 e. The lowest BCUT2D eigenvalue weighted by atomic mass is 9.81. The van der Waals surface area contributed by atoms with Gasteiger partial charge in [0.1, 0.15) is 11.6 Å². The molecule has 8 heteroatoms. The van der Waals surface area contributed by atoms with Crippen molar-refractivity contribution in [3.8, 4) is 5.75 Å². The van der Waals surface area contributed by atoms with Gasteiger partial charge in [-0.2, -0.15) is 4.98 Å². The summed E-state index contributed by atoms with van der Waals surface area (Å²) in [6, 6.07) is 5.69. The van der Waals surface area contributed by atoms with Gasteiger partial charge in [0.2, 0.25) is 5.95 Å². The lowest BCUT2D eigenvalue weighted by Crippen LogP contribution is -2.38. The number of ether oxygens (including phenoxy) is 2. The second kappa shape index (κ2) is 9.05. The molecule has 0 bridgehead atoms. The van der Waals surface area contributed by atoms with Gasteiger partial charge in [0.05, 0.1) is 19.3 Å². The first kappa shape index (κ1) is 20.8. The van der Waals surface area contributed by atoms with Gasteiger partial charge in [-0.1, -0.05) is 22.5 Å². The van der Waals surface area contributed by atoms with Gasteiger partial charge in [-0.3, -0.25) is 4.39 Å². The van der Waals surface area contributed by atoms with Gasteiger partial charge in [-0.05, 0) is 31.0 Å². The van der Waals surface area contributed by atoms with Crippen LogP contribution in [0.3, 0.4) is 0 Å². The number of anilines is 2. The zero-order chi connectivity index (χ0) is 20.1. The van der Waals surface area contributed by atoms with E-state index >= 15 is 0 Å². The summed E-state index contributed by atoms with van der Waals surface area (Å²) >= 11 is 3.41. The average molecular weight is 453 g/mol. The first-order valence-electron chi connectivity index (χ1n) is 9.24. The lowest BCUT2D eigenvalue weighted by Gasteiger charge is -2.34. The molecule has 1 aliphatic heterocycles. The molecule has 0 radical (unpaired) electrons. The number of halogens is 2. The van der Waals surface area contributed by atoms with Gasteiger partial charge >= 0.3 is 0 Å². The molecule has 1 fully saturated rings. The third-order valence-corrected chi connectivity index (χ3v) is 5.36. The van der Waals surface area contributed by atoms with Crippen LogP contribution in [0.25, 0.3) is 10.9 Å². The van der Waals surface area contributed by atoms with Crippen LogP contribution in [0.15, 0.2) is 29.3 Å². The molecule has 152 valence electrons. The fourth-order valence-corrected chi connectivity index (χ4v) is 3.73. The lowest BCUT2D eigenvalue weighted by molar-refractivity contribution is 0.00877. The number of rotatable bonds is 8. The van der Waals surface area contributed by atoms with Crippen LogP contribution in [0.5, 0.6) is 5.75 Å². The number of benzene rings is 1. The summed E-state index contributed by atoms with van der Waals surface area (Å²) in [6.45, 7) is 5.77. The Morgan fingerprint density at radius 1 is 1.39 bits per heavy atom. The van der Waals surface area contributed by atoms with E-state index in [4.69, 9.17) is 14.5 Å². The number of nitrogens with zero attached hydrogens (tertiary/aromatic N) is 3. The molecule has 2 aromatic rings. The van der Waals surface area contributed by atoms with Gasteiger partial charge < -0.3 is 19.7 Å². The van der Waals surface area contributed by atoms with E-state index in [9.17, 15) is 4.39 Å². The minimum Gasteiger partial charge on any atom is -0.497 e. The van der Waals surface area contributed by atoms with Crippen molar-refractivity contribution in [3.63, 3.8) is 0 Å². The normalized spacial score (nSPS) is 16.0. The zero-order valence-corrected chi connectivity index (χ0v) is 17.9. The Morgan fingerprint density at radius 2 is 2.14 bits per heavy atom. The Morgan fingerprint density at radius 3 is 2.79 bits per heavy atom. The number of hydrogen-bond donors (Lipinski definition) is 1. The molecule has 0 unspecified atom stereocenters. The van der Waals surface area contributed by atoms with Gasteiger partial charge in [0.15, 0.2) is 0 Å². The van der Waals surface area contributed by atoms with Gasteiger partial charge in [0, 0.05) is 48.6 Å². The molecule has 3 rings (SSSR count). The summed E-state index contributed by atoms with van der Waals surface area (Å²) < 4.78 is 25.3. The molecule has 1 aromatic carbocycles. The number of aromatic nitrogens is 2. The predicted octanol–water partition coefficient (Wildman–Crippen LogP) is 4.16. The van der Waals surface area contributed by atoms with Crippen molar-refractivity contribution in [1.29, 1.82) is 0 Å². The molecule has 2 heterocycles. The molecule has 0 amide bonds. The maximum atomic E-state index is 13.8. The molecule has 28 heavy (non-hydrogen) atoms. The SMILES string of the molecule is C=C(Br)CN(C)c1nc(NCC2(CF)CCOCC2)nc2ccc(OC)cc12. The van der Waals surface area contributed by atoms with Crippen LogP contribution >= 0.6 is 15.9 Å². The summed E-state index contributed by atoms with van der Waals surface area (Å²) in [7, 11) is 3.57. The number of methoxy groups -OCH3 is 1. The summed E-state index contributed by atoms with van der Waals surface area (Å²) in [6.07, 6.45) is 1.38. The van der Waals surface area contributed by atoms with E-state index in [1.807, 2.05) is 30.1 Å². The molecule has 1 aliphatic rings. The van der Waals surface area contributed by atoms with Gasteiger partial charge in [-0.15, -0.1) is 0 Å². The Balaban J connectivity index is 1.93. The Labute approximate surface area is 173 Å². The molecule has 1 saturated heterocycles. The van der Waals surface area contributed by atoms with Crippen molar-refractivity contribution in [1.82, 2.24) is 9.97 Å². The number of likely N-dealkylation sites (N-methyl/N-ethyl adjacent to an activating group) is 1. The van der Waals surface area contributed by atoms with E-state index in [0.717, 1.165) is 27.0 Å². The first-order valence-corrected chi connectivity index (χ1v) is 10.0.